The molecular weight excluding hydrogens is 1070 g/mol. The van der Waals surface area contributed by atoms with Crippen LogP contribution >= 0.6 is 0 Å². The molecule has 1 amide bonds. The van der Waals surface area contributed by atoms with E-state index in [1.807, 2.05) is 6.08 Å². The van der Waals surface area contributed by atoms with Gasteiger partial charge >= 0.3 is 5.97 Å². The molecule has 86 heavy (non-hydrogen) atoms. The number of hydrogen-bond donors (Lipinski definition) is 6. The van der Waals surface area contributed by atoms with Gasteiger partial charge in [0.05, 0.1) is 25.4 Å². The number of ether oxygens (including phenoxy) is 3. The van der Waals surface area contributed by atoms with E-state index in [2.05, 4.69) is 26.1 Å². The molecule has 1 saturated heterocycles. The number of allylic oxidation sites excluding steroid dienone is 1. The van der Waals surface area contributed by atoms with E-state index >= 15 is 0 Å². The van der Waals surface area contributed by atoms with E-state index < -0.39 is 67.4 Å². The van der Waals surface area contributed by atoms with E-state index in [-0.39, 0.29) is 13.0 Å². The van der Waals surface area contributed by atoms with Crippen molar-refractivity contribution < 1.29 is 49.3 Å². The summed E-state index contributed by atoms with van der Waals surface area (Å²) in [5.74, 6) is -1.17. The third-order valence-corrected chi connectivity index (χ3v) is 18.4. The van der Waals surface area contributed by atoms with Gasteiger partial charge in [-0.2, -0.15) is 0 Å². The Labute approximate surface area is 531 Å². The molecule has 0 radical (unpaired) electrons. The van der Waals surface area contributed by atoms with Crippen LogP contribution in [0.2, 0.25) is 0 Å². The van der Waals surface area contributed by atoms with Crippen LogP contribution in [-0.2, 0) is 23.8 Å². The molecule has 11 heteroatoms. The molecule has 0 spiro atoms. The molecule has 1 rings (SSSR count). The molecule has 11 nitrogen and oxygen atoms in total. The van der Waals surface area contributed by atoms with Crippen LogP contribution in [0.4, 0.5) is 0 Å². The zero-order chi connectivity index (χ0) is 62.4. The topological polar surface area (TPSA) is 175 Å². The van der Waals surface area contributed by atoms with E-state index in [9.17, 15) is 35.1 Å². The number of rotatable bonds is 67. The van der Waals surface area contributed by atoms with Crippen LogP contribution in [0, 0.1) is 0 Å². The zero-order valence-corrected chi connectivity index (χ0v) is 57.0. The Bertz CT molecular complexity index is 1450. The molecule has 1 heterocycles. The van der Waals surface area contributed by atoms with Crippen LogP contribution in [0.15, 0.2) is 12.2 Å². The van der Waals surface area contributed by atoms with Gasteiger partial charge in [-0.3, -0.25) is 9.59 Å². The Morgan fingerprint density at radius 2 is 0.756 bits per heavy atom. The van der Waals surface area contributed by atoms with Crippen molar-refractivity contribution in [2.24, 2.45) is 0 Å². The molecule has 0 aromatic rings. The highest BCUT2D eigenvalue weighted by molar-refractivity contribution is 5.80. The van der Waals surface area contributed by atoms with Crippen molar-refractivity contribution in [3.05, 3.63) is 12.2 Å². The van der Waals surface area contributed by atoms with Gasteiger partial charge in [0.25, 0.3) is 0 Å². The molecule has 510 valence electrons. The van der Waals surface area contributed by atoms with E-state index in [4.69, 9.17) is 14.2 Å². The Kier molecular flexibility index (Phi) is 60.9. The van der Waals surface area contributed by atoms with Crippen molar-refractivity contribution in [1.82, 2.24) is 5.32 Å². The number of carbonyl (C=O) groups excluding carboxylic acids is 2. The minimum Gasteiger partial charge on any atom is -0.454 e. The Balaban J connectivity index is 2.49. The second kappa shape index (κ2) is 63.5. The molecule has 0 aliphatic carbocycles. The van der Waals surface area contributed by atoms with Crippen LogP contribution in [0.25, 0.3) is 0 Å². The first-order chi connectivity index (χ1) is 42.2. The van der Waals surface area contributed by atoms with Gasteiger partial charge in [-0.25, -0.2) is 0 Å². The summed E-state index contributed by atoms with van der Waals surface area (Å²) < 4.78 is 17.7. The van der Waals surface area contributed by atoms with Crippen LogP contribution in [0.3, 0.4) is 0 Å². The van der Waals surface area contributed by atoms with Crippen molar-refractivity contribution in [2.45, 2.75) is 442 Å². The van der Waals surface area contributed by atoms with E-state index in [0.717, 1.165) is 57.8 Å². The summed E-state index contributed by atoms with van der Waals surface area (Å²) in [6, 6.07) is -1.02. The largest absolute Gasteiger partial charge is 0.454 e. The first kappa shape index (κ1) is 82.4. The van der Waals surface area contributed by atoms with Crippen molar-refractivity contribution in [3.8, 4) is 0 Å². The molecule has 0 aromatic heterocycles. The molecule has 8 unspecified atom stereocenters. The highest BCUT2D eigenvalue weighted by atomic mass is 16.7. The maximum atomic E-state index is 13.5. The van der Waals surface area contributed by atoms with Crippen LogP contribution in [0.1, 0.15) is 393 Å². The fourth-order valence-electron chi connectivity index (χ4n) is 12.5. The smallest absolute Gasteiger partial charge is 0.306 e. The Hall–Kier alpha value is -1.60. The lowest BCUT2D eigenvalue weighted by molar-refractivity contribution is -0.305. The van der Waals surface area contributed by atoms with Gasteiger partial charge in [-0.15, -0.1) is 0 Å². The number of aliphatic hydroxyl groups excluding tert-OH is 5. The van der Waals surface area contributed by atoms with Crippen molar-refractivity contribution in [2.75, 3.05) is 13.2 Å². The summed E-state index contributed by atoms with van der Waals surface area (Å²) in [5, 5.41) is 57.3. The van der Waals surface area contributed by atoms with Gasteiger partial charge in [0.2, 0.25) is 5.91 Å². The normalized spacial score (nSPS) is 18.3. The summed E-state index contributed by atoms with van der Waals surface area (Å²) >= 11 is 0. The van der Waals surface area contributed by atoms with Gasteiger partial charge in [-0.1, -0.05) is 373 Å². The lowest BCUT2D eigenvalue weighted by Gasteiger charge is -2.41. The van der Waals surface area contributed by atoms with Crippen molar-refractivity contribution in [1.29, 1.82) is 0 Å². The number of carbonyl (C=O) groups is 2. The zero-order valence-electron chi connectivity index (χ0n) is 57.0. The molecule has 1 aliphatic rings. The Morgan fingerprint density at radius 1 is 0.442 bits per heavy atom. The molecule has 1 fully saturated rings. The average Bonchev–Trinajstić information content (AvgIpc) is 3.12. The molecule has 0 bridgehead atoms. The van der Waals surface area contributed by atoms with E-state index in [1.54, 1.807) is 6.08 Å². The second-order valence-corrected chi connectivity index (χ2v) is 26.8. The van der Waals surface area contributed by atoms with Crippen LogP contribution in [0.5, 0.6) is 0 Å². The molecule has 8 atom stereocenters. The Morgan fingerprint density at radius 3 is 1.09 bits per heavy atom. The van der Waals surface area contributed by atoms with Gasteiger partial charge in [0.1, 0.15) is 24.4 Å². The minimum absolute atomic E-state index is 0.132. The lowest BCUT2D eigenvalue weighted by Crippen LogP contribution is -2.61. The molecule has 0 aromatic carbocycles. The minimum atomic E-state index is -1.61. The third-order valence-electron chi connectivity index (χ3n) is 18.4. The highest BCUT2D eigenvalue weighted by Crippen LogP contribution is 2.27. The fraction of sp³-hybridized carbons (Fsp3) is 0.947. The van der Waals surface area contributed by atoms with Gasteiger partial charge in [0.15, 0.2) is 12.4 Å². The summed E-state index contributed by atoms with van der Waals surface area (Å²) in [7, 11) is 0. The standard InChI is InChI=1S/C75H145NO10/c1-4-7-10-13-16-19-22-25-27-29-31-32-33-34-35-36-37-38-39-41-43-45-48-51-54-57-60-63-70(80)86-73-72(82)71(81)69(64-77)85-75(73)84-65-66(67(78)61-58-55-52-49-46-24-21-18-15-12-9-6-3)76-74(83)68(79)62-59-56-53-50-47-44-42-40-30-28-26-23-20-17-14-11-8-5-2/h58,61,66-69,71-73,75,77-79,81-82H,4-57,59-60,62-65H2,1-3H3,(H,76,83)/b61-58+. The van der Waals surface area contributed by atoms with E-state index in [0.29, 0.717) is 19.3 Å². The number of amides is 1. The molecular formula is C75H145NO10. The number of unbranched alkanes of at least 4 members (excludes halogenated alkanes) is 53. The predicted molar refractivity (Wildman–Crippen MR) is 361 cm³/mol. The van der Waals surface area contributed by atoms with Crippen LogP contribution in [-0.4, -0.2) is 99.6 Å². The van der Waals surface area contributed by atoms with Gasteiger partial charge in [-0.05, 0) is 25.7 Å². The number of aliphatic hydroxyl groups is 5. The third kappa shape index (κ3) is 50.1. The van der Waals surface area contributed by atoms with Crippen LogP contribution < -0.4 is 5.32 Å². The van der Waals surface area contributed by atoms with Gasteiger partial charge in [0, 0.05) is 6.42 Å². The summed E-state index contributed by atoms with van der Waals surface area (Å²) in [5.41, 5.74) is 0. The second-order valence-electron chi connectivity index (χ2n) is 26.8. The number of esters is 1. The fourth-order valence-corrected chi connectivity index (χ4v) is 12.5. The quantitative estimate of drug-likeness (QED) is 0.0195. The van der Waals surface area contributed by atoms with Crippen molar-refractivity contribution in [3.63, 3.8) is 0 Å². The van der Waals surface area contributed by atoms with Gasteiger partial charge < -0.3 is 45.1 Å². The lowest BCUT2D eigenvalue weighted by atomic mass is 9.99. The number of nitrogens with one attached hydrogen (secondary N) is 1. The van der Waals surface area contributed by atoms with E-state index in [1.165, 1.54) is 289 Å². The maximum Gasteiger partial charge on any atom is 0.306 e. The maximum absolute atomic E-state index is 13.5. The summed E-state index contributed by atoms with van der Waals surface area (Å²) in [6.45, 7) is 5.87. The summed E-state index contributed by atoms with van der Waals surface area (Å²) in [6.07, 6.45) is 65.6. The first-order valence-electron chi connectivity index (χ1n) is 38.0. The summed E-state index contributed by atoms with van der Waals surface area (Å²) in [4.78, 5) is 26.7. The number of hydrogen-bond acceptors (Lipinski definition) is 10. The molecule has 0 saturated carbocycles. The van der Waals surface area contributed by atoms with Crippen molar-refractivity contribution >= 4 is 11.9 Å². The average molecular weight is 1220 g/mol. The first-order valence-corrected chi connectivity index (χ1v) is 38.0. The SMILES string of the molecule is CCCCCCCCCCCC/C=C/C(O)C(COC1OC(CO)C(O)C(O)C1OC(=O)CCCCCCCCCCCCCCCCCCCCCCCCCCCCC)NC(=O)C(O)CCCCCCCCCCCCCCCCCCCC. The highest BCUT2D eigenvalue weighted by Gasteiger charge is 2.47. The predicted octanol–water partition coefficient (Wildman–Crippen LogP) is 19.8. The molecule has 1 aliphatic heterocycles. The molecule has 6 N–H and O–H groups in total. The monoisotopic (exact) mass is 1220 g/mol.